The van der Waals surface area contributed by atoms with Gasteiger partial charge in [0.15, 0.2) is 0 Å². The molecule has 4 heteroatoms. The Kier molecular flexibility index (Phi) is 9.70. The van der Waals surface area contributed by atoms with E-state index in [-0.39, 0.29) is 5.82 Å². The average Bonchev–Trinajstić information content (AvgIpc) is 2.73. The molecule has 3 rings (SSSR count). The number of benzene rings is 2. The highest BCUT2D eigenvalue weighted by Gasteiger charge is 2.16. The molecule has 0 bridgehead atoms. The third-order valence-corrected chi connectivity index (χ3v) is 5.36. The lowest BCUT2D eigenvalue weighted by Gasteiger charge is -2.23. The van der Waals surface area contributed by atoms with Crippen molar-refractivity contribution in [2.45, 2.75) is 39.0 Å². The highest BCUT2D eigenvalue weighted by atomic mass is 19.1. The first-order chi connectivity index (χ1) is 13.6. The van der Waals surface area contributed by atoms with Gasteiger partial charge in [-0.25, -0.2) is 4.39 Å². The maximum atomic E-state index is 12.2. The number of nitrogens with zero attached hydrogens (tertiary/aromatic N) is 1. The molecule has 1 fully saturated rings. The van der Waals surface area contributed by atoms with Crippen LogP contribution in [0.5, 0.6) is 0 Å². The van der Waals surface area contributed by atoms with Crippen LogP contribution in [0.15, 0.2) is 54.6 Å². The Bertz CT molecular complexity index is 699. The second kappa shape index (κ2) is 12.3. The van der Waals surface area contributed by atoms with Gasteiger partial charge in [0.1, 0.15) is 5.82 Å². The second-order valence-electron chi connectivity index (χ2n) is 7.52. The largest absolute Gasteiger partial charge is 0.345 e. The van der Waals surface area contributed by atoms with Gasteiger partial charge >= 0.3 is 0 Å². The fourth-order valence-electron chi connectivity index (χ4n) is 3.41. The molecule has 0 atom stereocenters. The van der Waals surface area contributed by atoms with Crippen LogP contribution in [-0.4, -0.2) is 37.5 Å². The molecule has 1 amide bonds. The second-order valence-corrected chi connectivity index (χ2v) is 7.52. The Morgan fingerprint density at radius 3 is 2.32 bits per heavy atom. The number of aryl methyl sites for hydroxylation is 1. The van der Waals surface area contributed by atoms with Crippen LogP contribution in [0.1, 0.15) is 36.8 Å². The van der Waals surface area contributed by atoms with Gasteiger partial charge < -0.3 is 10.2 Å². The molecular weight excluding hydrogens is 351 g/mol. The number of piperidine rings is 1. The Labute approximate surface area is 169 Å². The highest BCUT2D eigenvalue weighted by Crippen LogP contribution is 2.18. The minimum absolute atomic E-state index is 0.178. The first-order valence-electron chi connectivity index (χ1n) is 10.3. The van der Waals surface area contributed by atoms with Gasteiger partial charge in [0.05, 0.1) is 0 Å². The topological polar surface area (TPSA) is 32.3 Å². The number of likely N-dealkylation sites (N-methyl/N-ethyl adjacent to an activating group) is 1. The first kappa shape index (κ1) is 22.1. The molecule has 1 aliphatic rings. The van der Waals surface area contributed by atoms with E-state index >= 15 is 0 Å². The zero-order chi connectivity index (χ0) is 20.2. The Morgan fingerprint density at radius 1 is 1.07 bits per heavy atom. The van der Waals surface area contributed by atoms with Crippen molar-refractivity contribution in [1.82, 2.24) is 10.2 Å². The van der Waals surface area contributed by atoms with Crippen molar-refractivity contribution in [3.05, 3.63) is 71.5 Å². The van der Waals surface area contributed by atoms with Crippen molar-refractivity contribution in [2.75, 3.05) is 26.7 Å². The monoisotopic (exact) mass is 384 g/mol. The quantitative estimate of drug-likeness (QED) is 0.789. The number of nitrogens with one attached hydrogen (secondary N) is 1. The van der Waals surface area contributed by atoms with Crippen LogP contribution in [0.2, 0.25) is 0 Å². The summed E-state index contributed by atoms with van der Waals surface area (Å²) in [5.41, 5.74) is 2.66. The Balaban J connectivity index is 0.000000336. The number of carbonyl (C=O) groups is 1. The smallest absolute Gasteiger partial charge is 0.222 e. The number of carbonyl (C=O) groups excluding carboxylic acids is 1. The fourth-order valence-corrected chi connectivity index (χ4v) is 3.41. The van der Waals surface area contributed by atoms with Crippen LogP contribution in [0.3, 0.4) is 0 Å². The molecule has 0 saturated carbocycles. The average molecular weight is 385 g/mol. The number of rotatable bonds is 6. The Hall–Kier alpha value is -2.20. The predicted molar refractivity (Wildman–Crippen MR) is 114 cm³/mol. The maximum Gasteiger partial charge on any atom is 0.222 e. The summed E-state index contributed by atoms with van der Waals surface area (Å²) in [6, 6.07) is 16.4. The Morgan fingerprint density at radius 2 is 1.71 bits per heavy atom. The van der Waals surface area contributed by atoms with Gasteiger partial charge in [-0.15, -0.1) is 0 Å². The van der Waals surface area contributed by atoms with Gasteiger partial charge in [0.25, 0.3) is 0 Å². The van der Waals surface area contributed by atoms with Crippen LogP contribution in [0, 0.1) is 18.7 Å². The maximum absolute atomic E-state index is 12.2. The van der Waals surface area contributed by atoms with E-state index in [1.54, 1.807) is 18.2 Å². The number of amides is 1. The lowest BCUT2D eigenvalue weighted by atomic mass is 9.93. The summed E-state index contributed by atoms with van der Waals surface area (Å²) < 4.78 is 11.9. The number of hydrogen-bond acceptors (Lipinski definition) is 2. The van der Waals surface area contributed by atoms with E-state index in [9.17, 15) is 9.18 Å². The van der Waals surface area contributed by atoms with Gasteiger partial charge in [0, 0.05) is 20.0 Å². The highest BCUT2D eigenvalue weighted by molar-refractivity contribution is 5.75. The van der Waals surface area contributed by atoms with Crippen molar-refractivity contribution in [3.63, 3.8) is 0 Å². The van der Waals surface area contributed by atoms with Crippen LogP contribution < -0.4 is 5.32 Å². The van der Waals surface area contributed by atoms with Crippen LogP contribution in [0.4, 0.5) is 4.39 Å². The molecule has 2 aromatic rings. The van der Waals surface area contributed by atoms with Gasteiger partial charge in [-0.1, -0.05) is 42.5 Å². The van der Waals surface area contributed by atoms with E-state index in [4.69, 9.17) is 0 Å². The zero-order valence-corrected chi connectivity index (χ0v) is 17.2. The summed E-state index contributed by atoms with van der Waals surface area (Å²) in [7, 11) is 1.93. The number of halogens is 1. The van der Waals surface area contributed by atoms with Crippen LogP contribution in [0.25, 0.3) is 0 Å². The third-order valence-electron chi connectivity index (χ3n) is 5.36. The zero-order valence-electron chi connectivity index (χ0n) is 17.2. The van der Waals surface area contributed by atoms with Gasteiger partial charge in [0.2, 0.25) is 5.91 Å². The van der Waals surface area contributed by atoms with E-state index in [0.29, 0.717) is 12.3 Å². The van der Waals surface area contributed by atoms with Gasteiger partial charge in [-0.3, -0.25) is 4.79 Å². The molecular formula is C24H33FN2O. The molecule has 0 unspecified atom stereocenters. The van der Waals surface area contributed by atoms with Gasteiger partial charge in [-0.05, 0) is 74.9 Å². The van der Waals surface area contributed by atoms with E-state index in [2.05, 4.69) is 36.5 Å². The summed E-state index contributed by atoms with van der Waals surface area (Å²) in [6.45, 7) is 5.17. The summed E-state index contributed by atoms with van der Waals surface area (Å²) in [5, 5.41) is 3.37. The summed E-state index contributed by atoms with van der Waals surface area (Å²) >= 11 is 0. The summed E-state index contributed by atoms with van der Waals surface area (Å²) in [5.74, 6) is 0.851. The lowest BCUT2D eigenvalue weighted by Crippen LogP contribution is -2.31. The van der Waals surface area contributed by atoms with E-state index in [0.717, 1.165) is 38.4 Å². The van der Waals surface area contributed by atoms with E-state index < -0.39 is 0 Å². The van der Waals surface area contributed by atoms with Gasteiger partial charge in [-0.2, -0.15) is 0 Å². The first-order valence-corrected chi connectivity index (χ1v) is 10.3. The predicted octanol–water partition coefficient (Wildman–Crippen LogP) is 4.60. The molecule has 152 valence electrons. The third kappa shape index (κ3) is 8.22. The molecule has 1 saturated heterocycles. The van der Waals surface area contributed by atoms with Crippen molar-refractivity contribution in [3.8, 4) is 0 Å². The minimum Gasteiger partial charge on any atom is -0.345 e. The molecule has 0 aromatic heterocycles. The van der Waals surface area contributed by atoms with Crippen molar-refractivity contribution in [1.29, 1.82) is 0 Å². The molecule has 1 aliphatic heterocycles. The molecule has 2 aromatic carbocycles. The molecule has 3 nitrogen and oxygen atoms in total. The lowest BCUT2D eigenvalue weighted by molar-refractivity contribution is -0.130. The van der Waals surface area contributed by atoms with Crippen molar-refractivity contribution in [2.24, 2.45) is 5.92 Å². The standard InChI is InChI=1S/C18H28N2O.C6H5F/c1-15-5-3-4-6-17(15)11-14-20(2)18(21)8-7-16-9-12-19-13-10-16;7-6-4-2-1-3-5-6/h3-6,16,19H,7-14H2,1-2H3;1-5H. The van der Waals surface area contributed by atoms with E-state index in [1.807, 2.05) is 11.9 Å². The molecule has 1 N–H and O–H groups in total. The van der Waals surface area contributed by atoms with Crippen molar-refractivity contribution < 1.29 is 9.18 Å². The summed E-state index contributed by atoms with van der Waals surface area (Å²) in [6.07, 6.45) is 5.15. The fraction of sp³-hybridized carbons (Fsp3) is 0.458. The SMILES string of the molecule is Cc1ccccc1CCN(C)C(=O)CCC1CCNCC1.Fc1ccccc1. The molecule has 0 aliphatic carbocycles. The number of hydrogen-bond donors (Lipinski definition) is 1. The molecule has 28 heavy (non-hydrogen) atoms. The normalized spacial score (nSPS) is 14.1. The molecule has 0 spiro atoms. The van der Waals surface area contributed by atoms with E-state index in [1.165, 1.54) is 36.1 Å². The van der Waals surface area contributed by atoms with Crippen molar-refractivity contribution >= 4 is 5.91 Å². The molecule has 1 heterocycles. The summed E-state index contributed by atoms with van der Waals surface area (Å²) in [4.78, 5) is 14.1. The molecule has 0 radical (unpaired) electrons. The minimum atomic E-state index is -0.178. The van der Waals surface area contributed by atoms with Crippen LogP contribution in [-0.2, 0) is 11.2 Å². The van der Waals surface area contributed by atoms with Crippen LogP contribution >= 0.6 is 0 Å².